The highest BCUT2D eigenvalue weighted by atomic mass is 32.1. The lowest BCUT2D eigenvalue weighted by molar-refractivity contribution is 0.475. The van der Waals surface area contributed by atoms with Crippen molar-refractivity contribution in [1.82, 2.24) is 14.8 Å². The minimum Gasteiger partial charge on any atom is -0.508 e. The van der Waals surface area contributed by atoms with E-state index in [9.17, 15) is 14.3 Å². The second-order valence-corrected chi connectivity index (χ2v) is 6.62. The van der Waals surface area contributed by atoms with Crippen molar-refractivity contribution >= 4 is 11.3 Å². The number of aromatic amines is 1. The molecule has 0 saturated heterocycles. The minimum atomic E-state index is -0.301. The fourth-order valence-electron chi connectivity index (χ4n) is 2.66. The molecule has 2 N–H and O–H groups in total. The highest BCUT2D eigenvalue weighted by Crippen LogP contribution is 2.25. The van der Waals surface area contributed by atoms with Gasteiger partial charge in [0.15, 0.2) is 0 Å². The molecule has 130 valence electrons. The van der Waals surface area contributed by atoms with Crippen molar-refractivity contribution in [2.45, 2.75) is 6.42 Å². The number of halogens is 1. The minimum absolute atomic E-state index is 0.183. The zero-order chi connectivity index (χ0) is 18.1. The average molecular weight is 367 g/mol. The molecule has 0 unspecified atom stereocenters. The predicted octanol–water partition coefficient (Wildman–Crippen LogP) is 3.72. The van der Waals surface area contributed by atoms with E-state index in [1.54, 1.807) is 42.5 Å². The van der Waals surface area contributed by atoms with Gasteiger partial charge in [-0.15, -0.1) is 11.3 Å². The number of rotatable bonds is 4. The van der Waals surface area contributed by atoms with E-state index in [1.807, 2.05) is 5.38 Å². The van der Waals surface area contributed by atoms with Crippen LogP contribution < -0.4 is 5.56 Å². The first-order valence-electron chi connectivity index (χ1n) is 7.90. The Bertz CT molecular complexity index is 1110. The van der Waals surface area contributed by atoms with Gasteiger partial charge in [-0.3, -0.25) is 9.89 Å². The summed E-state index contributed by atoms with van der Waals surface area (Å²) < 4.78 is 15.2. The topological polar surface area (TPSA) is 70.9 Å². The lowest BCUT2D eigenvalue weighted by Crippen LogP contribution is -2.13. The number of aromatic hydroxyl groups is 1. The average Bonchev–Trinajstić information content (AvgIpc) is 3.24. The van der Waals surface area contributed by atoms with E-state index in [4.69, 9.17) is 0 Å². The van der Waals surface area contributed by atoms with Crippen LogP contribution in [-0.4, -0.2) is 19.9 Å². The number of benzene rings is 2. The van der Waals surface area contributed by atoms with Gasteiger partial charge in [0.25, 0.3) is 5.56 Å². The Kier molecular flexibility index (Phi) is 4.14. The first kappa shape index (κ1) is 16.3. The third kappa shape index (κ3) is 3.16. The summed E-state index contributed by atoms with van der Waals surface area (Å²) in [5.74, 6) is -0.118. The summed E-state index contributed by atoms with van der Waals surface area (Å²) in [6, 6.07) is 14.6. The van der Waals surface area contributed by atoms with Gasteiger partial charge in [0.1, 0.15) is 11.6 Å². The van der Waals surface area contributed by atoms with Gasteiger partial charge in [-0.1, -0.05) is 18.2 Å². The second-order valence-electron chi connectivity index (χ2n) is 5.79. The van der Waals surface area contributed by atoms with E-state index >= 15 is 0 Å². The van der Waals surface area contributed by atoms with Gasteiger partial charge in [0.05, 0.1) is 5.69 Å². The molecule has 4 aromatic rings. The fourth-order valence-corrected chi connectivity index (χ4v) is 3.45. The van der Waals surface area contributed by atoms with Gasteiger partial charge in [0, 0.05) is 29.1 Å². The Morgan fingerprint density at radius 1 is 1.15 bits per heavy atom. The zero-order valence-corrected chi connectivity index (χ0v) is 14.3. The number of phenols is 1. The molecule has 0 aliphatic rings. The molecular formula is C19H14FN3O2S. The summed E-state index contributed by atoms with van der Waals surface area (Å²) in [6.07, 6.45) is 0.297. The third-order valence-corrected chi connectivity index (χ3v) is 4.78. The predicted molar refractivity (Wildman–Crippen MR) is 98.4 cm³/mol. The van der Waals surface area contributed by atoms with Gasteiger partial charge in [-0.05, 0) is 35.9 Å². The van der Waals surface area contributed by atoms with Crippen LogP contribution in [0.5, 0.6) is 5.75 Å². The Morgan fingerprint density at radius 3 is 2.69 bits per heavy atom. The van der Waals surface area contributed by atoms with Gasteiger partial charge < -0.3 is 5.11 Å². The van der Waals surface area contributed by atoms with E-state index in [1.165, 1.54) is 28.2 Å². The molecule has 26 heavy (non-hydrogen) atoms. The Labute approximate surface area is 152 Å². The maximum absolute atomic E-state index is 13.8. The van der Waals surface area contributed by atoms with Crippen molar-refractivity contribution in [2.24, 2.45) is 0 Å². The molecule has 2 aromatic carbocycles. The number of hydrogen-bond donors (Lipinski definition) is 2. The molecule has 0 atom stereocenters. The quantitative estimate of drug-likeness (QED) is 0.577. The highest BCUT2D eigenvalue weighted by Gasteiger charge is 2.12. The Morgan fingerprint density at radius 2 is 1.92 bits per heavy atom. The molecule has 0 aliphatic heterocycles. The van der Waals surface area contributed by atoms with Crippen LogP contribution in [0.4, 0.5) is 4.39 Å². The first-order chi connectivity index (χ1) is 12.6. The van der Waals surface area contributed by atoms with Crippen LogP contribution >= 0.6 is 11.3 Å². The summed E-state index contributed by atoms with van der Waals surface area (Å²) in [4.78, 5) is 16.8. The number of nitrogens with one attached hydrogen (secondary N) is 1. The van der Waals surface area contributed by atoms with Crippen LogP contribution in [0.15, 0.2) is 64.8 Å². The molecule has 2 heterocycles. The molecule has 0 spiro atoms. The van der Waals surface area contributed by atoms with Crippen molar-refractivity contribution in [3.05, 3.63) is 87.4 Å². The molecule has 0 amide bonds. The molecule has 0 aliphatic carbocycles. The normalized spacial score (nSPS) is 11.0. The number of thiazole rings is 1. The standard InChI is InChI=1S/C19H14FN3O2S/c20-16-4-2-1-3-13(16)9-14-10-18(25)23(22-14)19-21-17(11-26-19)12-5-7-15(24)8-6-12/h1-8,10-11,22,24H,9H2. The van der Waals surface area contributed by atoms with Crippen molar-refractivity contribution in [2.75, 3.05) is 0 Å². The van der Waals surface area contributed by atoms with Crippen LogP contribution in [0, 0.1) is 5.82 Å². The molecule has 0 radical (unpaired) electrons. The fraction of sp³-hybridized carbons (Fsp3) is 0.0526. The van der Waals surface area contributed by atoms with E-state index in [-0.39, 0.29) is 17.1 Å². The molecule has 4 rings (SSSR count). The molecule has 0 bridgehead atoms. The number of hydrogen-bond acceptors (Lipinski definition) is 4. The maximum Gasteiger partial charge on any atom is 0.273 e. The van der Waals surface area contributed by atoms with Crippen LogP contribution in [0.3, 0.4) is 0 Å². The molecule has 0 saturated carbocycles. The van der Waals surface area contributed by atoms with E-state index in [2.05, 4.69) is 10.1 Å². The zero-order valence-electron chi connectivity index (χ0n) is 13.5. The van der Waals surface area contributed by atoms with E-state index < -0.39 is 0 Å². The SMILES string of the molecule is O=c1cc(Cc2ccccc2F)[nH]n1-c1nc(-c2ccc(O)cc2)cs1. The summed E-state index contributed by atoms with van der Waals surface area (Å²) in [5, 5.41) is 14.7. The third-order valence-electron chi connectivity index (χ3n) is 3.96. The molecular weight excluding hydrogens is 353 g/mol. The van der Waals surface area contributed by atoms with Crippen molar-refractivity contribution in [1.29, 1.82) is 0 Å². The van der Waals surface area contributed by atoms with Crippen molar-refractivity contribution in [3.63, 3.8) is 0 Å². The van der Waals surface area contributed by atoms with Crippen molar-refractivity contribution < 1.29 is 9.50 Å². The van der Waals surface area contributed by atoms with E-state index in [0.29, 0.717) is 28.5 Å². The summed E-state index contributed by atoms with van der Waals surface area (Å²) in [6.45, 7) is 0. The highest BCUT2D eigenvalue weighted by molar-refractivity contribution is 7.12. The number of H-pyrrole nitrogens is 1. The van der Waals surface area contributed by atoms with Gasteiger partial charge in [-0.25, -0.2) is 9.37 Å². The molecule has 7 heteroatoms. The smallest absolute Gasteiger partial charge is 0.273 e. The lowest BCUT2D eigenvalue weighted by atomic mass is 10.1. The van der Waals surface area contributed by atoms with Gasteiger partial charge in [0.2, 0.25) is 5.13 Å². The number of phenolic OH excluding ortho intramolecular Hbond substituents is 1. The van der Waals surface area contributed by atoms with E-state index in [0.717, 1.165) is 5.56 Å². The van der Waals surface area contributed by atoms with Gasteiger partial charge >= 0.3 is 0 Å². The van der Waals surface area contributed by atoms with Crippen LogP contribution in [-0.2, 0) is 6.42 Å². The summed E-state index contributed by atoms with van der Waals surface area (Å²) >= 11 is 1.32. The lowest BCUT2D eigenvalue weighted by Gasteiger charge is -2.01. The molecule has 2 aromatic heterocycles. The molecule has 5 nitrogen and oxygen atoms in total. The Hall–Kier alpha value is -3.19. The number of nitrogens with zero attached hydrogens (tertiary/aromatic N) is 2. The van der Waals surface area contributed by atoms with Crippen LogP contribution in [0.25, 0.3) is 16.4 Å². The van der Waals surface area contributed by atoms with Crippen LogP contribution in [0.1, 0.15) is 11.3 Å². The maximum atomic E-state index is 13.8. The summed E-state index contributed by atoms with van der Waals surface area (Å²) in [5.41, 5.74) is 2.44. The van der Waals surface area contributed by atoms with Crippen molar-refractivity contribution in [3.8, 4) is 22.1 Å². The molecule has 0 fully saturated rings. The summed E-state index contributed by atoms with van der Waals surface area (Å²) in [7, 11) is 0. The second kappa shape index (κ2) is 6.61. The largest absolute Gasteiger partial charge is 0.508 e. The Balaban J connectivity index is 1.63. The van der Waals surface area contributed by atoms with Gasteiger partial charge in [-0.2, -0.15) is 4.68 Å². The first-order valence-corrected chi connectivity index (χ1v) is 8.78. The monoisotopic (exact) mass is 367 g/mol. The van der Waals surface area contributed by atoms with Crippen LogP contribution in [0.2, 0.25) is 0 Å². The number of aromatic nitrogens is 3.